The second-order valence-corrected chi connectivity index (χ2v) is 8.58. The topological polar surface area (TPSA) is 24.7 Å². The van der Waals surface area contributed by atoms with Crippen molar-refractivity contribution in [2.75, 3.05) is 0 Å². The Morgan fingerprint density at radius 3 is 1.22 bits per heavy atom. The normalized spacial score (nSPS) is 11.4. The fraction of sp³-hybridized carbons (Fsp3) is 0.480. The molecule has 2 aromatic carbocycles. The van der Waals surface area contributed by atoms with Gasteiger partial charge in [-0.05, 0) is 58.1 Å². The van der Waals surface area contributed by atoms with Crippen LogP contribution in [-0.4, -0.2) is 6.01 Å². The number of nitrogens with zero attached hydrogens (tertiary/aromatic N) is 2. The molecule has 0 fully saturated rings. The molecule has 0 aliphatic rings. The smallest absolute Gasteiger partial charge is 0.100 e. The van der Waals surface area contributed by atoms with Crippen LogP contribution in [0.25, 0.3) is 0 Å². The first-order valence-electron chi connectivity index (χ1n) is 10.1. The molecule has 2 aromatic rings. The van der Waals surface area contributed by atoms with Gasteiger partial charge >= 0.3 is 0 Å². The number of aliphatic imine (C=N–C) groups is 2. The molecule has 0 saturated heterocycles. The van der Waals surface area contributed by atoms with E-state index in [9.17, 15) is 0 Å². The van der Waals surface area contributed by atoms with Crippen molar-refractivity contribution in [3.63, 3.8) is 0 Å². The molecular formula is C25H34N2. The van der Waals surface area contributed by atoms with Gasteiger partial charge < -0.3 is 0 Å². The van der Waals surface area contributed by atoms with Gasteiger partial charge in [0.1, 0.15) is 6.01 Å². The van der Waals surface area contributed by atoms with Gasteiger partial charge in [-0.3, -0.25) is 0 Å². The zero-order chi connectivity index (χ0) is 20.1. The van der Waals surface area contributed by atoms with E-state index >= 15 is 0 Å². The molecule has 0 N–H and O–H groups in total. The summed E-state index contributed by atoms with van der Waals surface area (Å²) in [5.41, 5.74) is 7.12. The van der Waals surface area contributed by atoms with E-state index in [-0.39, 0.29) is 0 Å². The van der Waals surface area contributed by atoms with Crippen LogP contribution in [0.5, 0.6) is 0 Å². The van der Waals surface area contributed by atoms with Gasteiger partial charge in [0.25, 0.3) is 0 Å². The van der Waals surface area contributed by atoms with Crippen molar-refractivity contribution < 1.29 is 0 Å². The summed E-state index contributed by atoms with van der Waals surface area (Å²) < 4.78 is 0. The number of hydrogen-bond acceptors (Lipinski definition) is 2. The third-order valence-corrected chi connectivity index (χ3v) is 5.02. The van der Waals surface area contributed by atoms with Crippen molar-refractivity contribution in [1.82, 2.24) is 0 Å². The lowest BCUT2D eigenvalue weighted by Crippen LogP contribution is -1.94. The van der Waals surface area contributed by atoms with Gasteiger partial charge in [0.05, 0.1) is 11.4 Å². The number of benzene rings is 2. The molecule has 0 aliphatic carbocycles. The van der Waals surface area contributed by atoms with Crippen LogP contribution in [0.4, 0.5) is 11.4 Å². The molecule has 2 rings (SSSR count). The Hall–Kier alpha value is -2.18. The van der Waals surface area contributed by atoms with Crippen molar-refractivity contribution in [2.24, 2.45) is 9.98 Å². The highest BCUT2D eigenvalue weighted by molar-refractivity contribution is 5.63. The highest BCUT2D eigenvalue weighted by Crippen LogP contribution is 2.32. The standard InChI is InChI=1S/C25H34N2/c1-16(2)20-9-11-24(22(13-20)18(5)6)26-15-27-25-12-10-21(17(3)4)14-23(25)19(7)8/h9-14,16-19H,1-8H3. The summed E-state index contributed by atoms with van der Waals surface area (Å²) >= 11 is 0. The summed E-state index contributed by atoms with van der Waals surface area (Å²) in [6.07, 6.45) is 0. The Morgan fingerprint density at radius 2 is 0.926 bits per heavy atom. The molecule has 2 nitrogen and oxygen atoms in total. The summed E-state index contributed by atoms with van der Waals surface area (Å²) in [5.74, 6) is 1.87. The van der Waals surface area contributed by atoms with Crippen LogP contribution < -0.4 is 0 Å². The van der Waals surface area contributed by atoms with Crippen LogP contribution in [0.2, 0.25) is 0 Å². The molecule has 0 amide bonds. The summed E-state index contributed by atoms with van der Waals surface area (Å²) in [6.45, 7) is 17.7. The number of rotatable bonds is 6. The zero-order valence-electron chi connectivity index (χ0n) is 18.2. The van der Waals surface area contributed by atoms with E-state index in [2.05, 4.69) is 108 Å². The lowest BCUT2D eigenvalue weighted by molar-refractivity contribution is 0.834. The summed E-state index contributed by atoms with van der Waals surface area (Å²) in [5, 5.41) is 0. The van der Waals surface area contributed by atoms with Gasteiger partial charge in [0.2, 0.25) is 0 Å². The molecular weight excluding hydrogens is 328 g/mol. The van der Waals surface area contributed by atoms with E-state index in [0.29, 0.717) is 23.7 Å². The van der Waals surface area contributed by atoms with Crippen molar-refractivity contribution in [1.29, 1.82) is 0 Å². The maximum absolute atomic E-state index is 4.56. The van der Waals surface area contributed by atoms with Crippen LogP contribution in [0, 0.1) is 0 Å². The molecule has 0 bridgehead atoms. The van der Waals surface area contributed by atoms with Crippen molar-refractivity contribution >= 4 is 17.4 Å². The van der Waals surface area contributed by atoms with Crippen LogP contribution in [-0.2, 0) is 0 Å². The maximum Gasteiger partial charge on any atom is 0.100 e. The van der Waals surface area contributed by atoms with E-state index < -0.39 is 0 Å². The van der Waals surface area contributed by atoms with Crippen LogP contribution in [0.1, 0.15) is 101 Å². The third-order valence-electron chi connectivity index (χ3n) is 5.02. The number of hydrogen-bond donors (Lipinski definition) is 0. The molecule has 0 aliphatic heterocycles. The predicted molar refractivity (Wildman–Crippen MR) is 118 cm³/mol. The average Bonchev–Trinajstić information content (AvgIpc) is 2.61. The molecule has 144 valence electrons. The first kappa shape index (κ1) is 21.1. The van der Waals surface area contributed by atoms with E-state index in [4.69, 9.17) is 0 Å². The SMILES string of the molecule is CC(C)c1ccc(N=C=Nc2ccc(C(C)C)cc2C(C)C)c(C(C)C)c1. The minimum absolute atomic E-state index is 0.417. The van der Waals surface area contributed by atoms with Gasteiger partial charge in [0, 0.05) is 0 Å². The van der Waals surface area contributed by atoms with Crippen LogP contribution in [0.3, 0.4) is 0 Å². The molecule has 0 radical (unpaired) electrons. The Morgan fingerprint density at radius 1 is 0.556 bits per heavy atom. The quantitative estimate of drug-likeness (QED) is 0.461. The Labute approximate surface area is 165 Å². The molecule has 2 heteroatoms. The average molecular weight is 363 g/mol. The highest BCUT2D eigenvalue weighted by Gasteiger charge is 2.10. The van der Waals surface area contributed by atoms with Gasteiger partial charge in [0.15, 0.2) is 0 Å². The minimum atomic E-state index is 0.417. The fourth-order valence-corrected chi connectivity index (χ4v) is 3.13. The van der Waals surface area contributed by atoms with Gasteiger partial charge in [-0.2, -0.15) is 9.98 Å². The van der Waals surface area contributed by atoms with Crippen molar-refractivity contribution in [3.8, 4) is 0 Å². The second-order valence-electron chi connectivity index (χ2n) is 8.58. The van der Waals surface area contributed by atoms with Gasteiger partial charge in [-0.1, -0.05) is 79.7 Å². The first-order valence-corrected chi connectivity index (χ1v) is 10.1. The highest BCUT2D eigenvalue weighted by atomic mass is 14.8. The molecule has 0 atom stereocenters. The third kappa shape index (κ3) is 5.40. The van der Waals surface area contributed by atoms with E-state index in [1.54, 1.807) is 0 Å². The van der Waals surface area contributed by atoms with Crippen LogP contribution in [0.15, 0.2) is 46.4 Å². The molecule has 0 saturated carbocycles. The molecule has 0 spiro atoms. The lowest BCUT2D eigenvalue weighted by atomic mass is 9.94. The predicted octanol–water partition coefficient (Wildman–Crippen LogP) is 8.32. The maximum atomic E-state index is 4.56. The summed E-state index contributed by atoms with van der Waals surface area (Å²) in [7, 11) is 0. The second kappa shape index (κ2) is 9.15. The summed E-state index contributed by atoms with van der Waals surface area (Å²) in [6, 6.07) is 16.0. The van der Waals surface area contributed by atoms with Crippen LogP contribution >= 0.6 is 0 Å². The molecule has 27 heavy (non-hydrogen) atoms. The Kier molecular flexibility index (Phi) is 7.16. The van der Waals surface area contributed by atoms with Crippen molar-refractivity contribution in [3.05, 3.63) is 58.7 Å². The minimum Gasteiger partial charge on any atom is -0.187 e. The van der Waals surface area contributed by atoms with E-state index in [1.165, 1.54) is 22.3 Å². The van der Waals surface area contributed by atoms with E-state index in [0.717, 1.165) is 11.4 Å². The van der Waals surface area contributed by atoms with Crippen molar-refractivity contribution in [2.45, 2.75) is 79.1 Å². The van der Waals surface area contributed by atoms with E-state index in [1.807, 2.05) is 0 Å². The summed E-state index contributed by atoms with van der Waals surface area (Å²) in [4.78, 5) is 9.13. The molecule has 0 unspecified atom stereocenters. The molecule has 0 aromatic heterocycles. The monoisotopic (exact) mass is 362 g/mol. The lowest BCUT2D eigenvalue weighted by Gasteiger charge is -2.13. The Bertz CT molecular complexity index is 768. The van der Waals surface area contributed by atoms with Gasteiger partial charge in [-0.25, -0.2) is 0 Å². The first-order chi connectivity index (χ1) is 12.7. The zero-order valence-corrected chi connectivity index (χ0v) is 18.2. The van der Waals surface area contributed by atoms with Gasteiger partial charge in [-0.15, -0.1) is 0 Å². The fourth-order valence-electron chi connectivity index (χ4n) is 3.13. The Balaban J connectivity index is 2.42. The molecule has 0 heterocycles. The largest absolute Gasteiger partial charge is 0.187 e.